The van der Waals surface area contributed by atoms with Gasteiger partial charge < -0.3 is 0 Å². The SMILES string of the molecule is C=CCC(S)=C1CC=C(c2ccc(-c3cccs3)s2)S1. The first-order chi connectivity index (χ1) is 9.78. The van der Waals surface area contributed by atoms with Crippen LogP contribution in [-0.2, 0) is 0 Å². The minimum Gasteiger partial charge on any atom is -0.147 e. The molecule has 0 radical (unpaired) electrons. The Kier molecular flexibility index (Phi) is 4.56. The van der Waals surface area contributed by atoms with Crippen LogP contribution in [-0.4, -0.2) is 0 Å². The summed E-state index contributed by atoms with van der Waals surface area (Å²) in [5.41, 5.74) is 0. The van der Waals surface area contributed by atoms with E-state index in [1.165, 1.54) is 24.4 Å². The summed E-state index contributed by atoms with van der Waals surface area (Å²) in [7, 11) is 0. The second-order valence-electron chi connectivity index (χ2n) is 4.38. The standard InChI is InChI=1S/C16H14S4/c1-2-4-11(17)12-6-7-15(19-12)16-9-8-14(20-16)13-5-3-10-18-13/h2-3,5,7-10,17H,1,4,6H2. The summed E-state index contributed by atoms with van der Waals surface area (Å²) in [5, 5.41) is 2.13. The van der Waals surface area contributed by atoms with E-state index in [1.807, 2.05) is 29.2 Å². The molecule has 1 aliphatic rings. The average molecular weight is 335 g/mol. The average Bonchev–Trinajstić information content (AvgIpc) is 3.19. The van der Waals surface area contributed by atoms with Crippen molar-refractivity contribution in [1.29, 1.82) is 0 Å². The molecule has 2 aromatic rings. The molecule has 0 aromatic carbocycles. The molecule has 0 aliphatic carbocycles. The lowest BCUT2D eigenvalue weighted by molar-refractivity contribution is 1.29. The van der Waals surface area contributed by atoms with E-state index in [-0.39, 0.29) is 0 Å². The summed E-state index contributed by atoms with van der Waals surface area (Å²) in [6.07, 6.45) is 6.08. The lowest BCUT2D eigenvalue weighted by Crippen LogP contribution is -1.75. The molecule has 0 fully saturated rings. The van der Waals surface area contributed by atoms with E-state index in [0.717, 1.165) is 17.7 Å². The molecular formula is C16H14S4. The van der Waals surface area contributed by atoms with Crippen LogP contribution in [0.3, 0.4) is 0 Å². The Hall–Kier alpha value is -0.680. The Morgan fingerprint density at radius 1 is 1.25 bits per heavy atom. The maximum absolute atomic E-state index is 4.57. The summed E-state index contributed by atoms with van der Waals surface area (Å²) >= 11 is 10.1. The van der Waals surface area contributed by atoms with E-state index in [2.05, 4.69) is 54.9 Å². The molecule has 20 heavy (non-hydrogen) atoms. The van der Waals surface area contributed by atoms with Crippen LogP contribution in [0.1, 0.15) is 17.7 Å². The van der Waals surface area contributed by atoms with Crippen molar-refractivity contribution in [2.24, 2.45) is 0 Å². The summed E-state index contributed by atoms with van der Waals surface area (Å²) in [6, 6.07) is 8.73. The van der Waals surface area contributed by atoms with Gasteiger partial charge in [-0.05, 0) is 41.3 Å². The smallest absolute Gasteiger partial charge is 0.0449 e. The van der Waals surface area contributed by atoms with E-state index in [1.54, 1.807) is 11.3 Å². The first-order valence-electron chi connectivity index (χ1n) is 6.32. The first kappa shape index (κ1) is 14.3. The van der Waals surface area contributed by atoms with Gasteiger partial charge in [0.25, 0.3) is 0 Å². The molecule has 1 aliphatic heterocycles. The Morgan fingerprint density at radius 3 is 2.85 bits per heavy atom. The lowest BCUT2D eigenvalue weighted by Gasteiger charge is -2.02. The zero-order chi connectivity index (χ0) is 13.9. The van der Waals surface area contributed by atoms with E-state index in [9.17, 15) is 0 Å². The van der Waals surface area contributed by atoms with Gasteiger partial charge >= 0.3 is 0 Å². The van der Waals surface area contributed by atoms with Crippen molar-refractivity contribution in [3.63, 3.8) is 0 Å². The molecule has 102 valence electrons. The van der Waals surface area contributed by atoms with Crippen molar-refractivity contribution in [2.75, 3.05) is 0 Å². The zero-order valence-corrected chi connectivity index (χ0v) is 14.2. The van der Waals surface area contributed by atoms with Gasteiger partial charge in [-0.2, -0.15) is 0 Å². The molecule has 0 amide bonds. The fourth-order valence-electron chi connectivity index (χ4n) is 2.00. The Morgan fingerprint density at radius 2 is 2.10 bits per heavy atom. The third kappa shape index (κ3) is 2.98. The molecule has 0 unspecified atom stereocenters. The number of thioether (sulfide) groups is 1. The van der Waals surface area contributed by atoms with Gasteiger partial charge in [0.2, 0.25) is 0 Å². The fourth-order valence-corrected chi connectivity index (χ4v) is 5.35. The van der Waals surface area contributed by atoms with Crippen molar-refractivity contribution in [3.8, 4) is 9.75 Å². The predicted octanol–water partition coefficient (Wildman–Crippen LogP) is 6.67. The van der Waals surface area contributed by atoms with E-state index >= 15 is 0 Å². The largest absolute Gasteiger partial charge is 0.147 e. The van der Waals surface area contributed by atoms with Gasteiger partial charge in [0.15, 0.2) is 0 Å². The maximum Gasteiger partial charge on any atom is 0.0449 e. The third-order valence-electron chi connectivity index (χ3n) is 2.98. The minimum absolute atomic E-state index is 0.859. The Labute approximate surface area is 137 Å². The maximum atomic E-state index is 4.57. The van der Waals surface area contributed by atoms with Crippen LogP contribution in [0.2, 0.25) is 0 Å². The summed E-state index contributed by atoms with van der Waals surface area (Å²) < 4.78 is 0. The predicted molar refractivity (Wildman–Crippen MR) is 98.6 cm³/mol. The van der Waals surface area contributed by atoms with Crippen LogP contribution in [0, 0.1) is 0 Å². The number of thiophene rings is 2. The van der Waals surface area contributed by atoms with Crippen molar-refractivity contribution in [2.45, 2.75) is 12.8 Å². The van der Waals surface area contributed by atoms with E-state index in [0.29, 0.717) is 0 Å². The normalized spacial score (nSPS) is 17.1. The Balaban J connectivity index is 1.79. The van der Waals surface area contributed by atoms with Gasteiger partial charge in [0.05, 0.1) is 0 Å². The molecule has 0 saturated carbocycles. The van der Waals surface area contributed by atoms with Gasteiger partial charge in [0.1, 0.15) is 0 Å². The topological polar surface area (TPSA) is 0 Å². The molecule has 0 bridgehead atoms. The molecule has 4 heteroatoms. The molecule has 3 heterocycles. The third-order valence-corrected chi connectivity index (χ3v) is 7.16. The van der Waals surface area contributed by atoms with Gasteiger partial charge in [0, 0.05) is 24.4 Å². The summed E-state index contributed by atoms with van der Waals surface area (Å²) in [5.74, 6) is 0. The van der Waals surface area contributed by atoms with Crippen LogP contribution in [0.15, 0.2) is 58.2 Å². The number of rotatable bonds is 4. The van der Waals surface area contributed by atoms with Crippen LogP contribution >= 0.6 is 47.1 Å². The molecule has 0 saturated heterocycles. The van der Waals surface area contributed by atoms with Crippen LogP contribution in [0.4, 0.5) is 0 Å². The molecule has 0 atom stereocenters. The molecule has 2 aromatic heterocycles. The fraction of sp³-hybridized carbons (Fsp3) is 0.125. The molecular weight excluding hydrogens is 320 g/mol. The van der Waals surface area contributed by atoms with Crippen molar-refractivity contribution in [1.82, 2.24) is 0 Å². The van der Waals surface area contributed by atoms with Crippen LogP contribution in [0.5, 0.6) is 0 Å². The molecule has 0 spiro atoms. The Bertz CT molecular complexity index is 671. The van der Waals surface area contributed by atoms with E-state index in [4.69, 9.17) is 0 Å². The van der Waals surface area contributed by atoms with Crippen LogP contribution < -0.4 is 0 Å². The van der Waals surface area contributed by atoms with Gasteiger partial charge in [-0.3, -0.25) is 0 Å². The molecule has 0 N–H and O–H groups in total. The van der Waals surface area contributed by atoms with Crippen molar-refractivity contribution < 1.29 is 0 Å². The van der Waals surface area contributed by atoms with Crippen LogP contribution in [0.25, 0.3) is 14.7 Å². The second-order valence-corrected chi connectivity index (χ2v) is 8.09. The van der Waals surface area contributed by atoms with Crippen molar-refractivity contribution in [3.05, 3.63) is 63.1 Å². The van der Waals surface area contributed by atoms with Gasteiger partial charge in [-0.15, -0.1) is 41.9 Å². The van der Waals surface area contributed by atoms with Crippen molar-refractivity contribution >= 4 is 52.0 Å². The lowest BCUT2D eigenvalue weighted by atomic mass is 10.3. The first-order valence-corrected chi connectivity index (χ1v) is 9.28. The quantitative estimate of drug-likeness (QED) is 0.481. The summed E-state index contributed by atoms with van der Waals surface area (Å²) in [4.78, 5) is 7.92. The molecule has 3 rings (SSSR count). The number of thiol groups is 1. The number of allylic oxidation sites excluding steroid dienone is 4. The van der Waals surface area contributed by atoms with Gasteiger partial charge in [-0.1, -0.05) is 30.0 Å². The highest BCUT2D eigenvalue weighted by Gasteiger charge is 2.17. The highest BCUT2D eigenvalue weighted by atomic mass is 32.2. The van der Waals surface area contributed by atoms with Gasteiger partial charge in [-0.25, -0.2) is 0 Å². The monoisotopic (exact) mass is 334 g/mol. The number of hydrogen-bond acceptors (Lipinski definition) is 4. The zero-order valence-electron chi connectivity index (χ0n) is 10.8. The highest BCUT2D eigenvalue weighted by molar-refractivity contribution is 8.12. The second kappa shape index (κ2) is 6.39. The molecule has 0 nitrogen and oxygen atoms in total. The number of hydrogen-bond donors (Lipinski definition) is 1. The highest BCUT2D eigenvalue weighted by Crippen LogP contribution is 2.47. The summed E-state index contributed by atoms with van der Waals surface area (Å²) in [6.45, 7) is 3.77. The minimum atomic E-state index is 0.859. The van der Waals surface area contributed by atoms with E-state index < -0.39 is 0 Å².